The number of carbonyl (C=O) groups excluding carboxylic acids is 1. The number of allylic oxidation sites excluding steroid dienone is 1. The number of carbonyl (C=O) groups is 2. The standard InChI is InChI=1S/C10H7NO6/c12-4-6(5-13)7-2-1-3-8(10(14)15)9(7)11(16)17/h1-5,12H,(H,14,15)/b6-4+. The average molecular weight is 237 g/mol. The van der Waals surface area contributed by atoms with E-state index in [0.29, 0.717) is 6.26 Å². The highest BCUT2D eigenvalue weighted by Crippen LogP contribution is 2.28. The molecule has 2 N–H and O–H groups in total. The van der Waals surface area contributed by atoms with Crippen LogP contribution < -0.4 is 0 Å². The second kappa shape index (κ2) is 4.88. The lowest BCUT2D eigenvalue weighted by atomic mass is 10.0. The molecule has 0 heterocycles. The van der Waals surface area contributed by atoms with Crippen molar-refractivity contribution in [1.82, 2.24) is 0 Å². The third-order valence-electron chi connectivity index (χ3n) is 2.03. The van der Waals surface area contributed by atoms with Crippen molar-refractivity contribution >= 4 is 23.5 Å². The van der Waals surface area contributed by atoms with Crippen LogP contribution in [0.1, 0.15) is 15.9 Å². The normalized spacial score (nSPS) is 10.9. The predicted octanol–water partition coefficient (Wildman–Crippen LogP) is 1.39. The predicted molar refractivity (Wildman–Crippen MR) is 56.7 cm³/mol. The summed E-state index contributed by atoms with van der Waals surface area (Å²) < 4.78 is 0. The Morgan fingerprint density at radius 1 is 1.35 bits per heavy atom. The van der Waals surface area contributed by atoms with Crippen molar-refractivity contribution < 1.29 is 24.7 Å². The molecule has 0 atom stereocenters. The number of carboxylic acids is 1. The molecule has 0 spiro atoms. The molecule has 88 valence electrons. The second-order valence-corrected chi connectivity index (χ2v) is 2.97. The minimum atomic E-state index is -1.48. The van der Waals surface area contributed by atoms with Gasteiger partial charge in [0.15, 0.2) is 6.29 Å². The highest BCUT2D eigenvalue weighted by Gasteiger charge is 2.25. The van der Waals surface area contributed by atoms with Crippen molar-refractivity contribution in [2.75, 3.05) is 0 Å². The summed E-state index contributed by atoms with van der Waals surface area (Å²) in [7, 11) is 0. The molecule has 0 aliphatic rings. The van der Waals surface area contributed by atoms with Gasteiger partial charge in [-0.2, -0.15) is 0 Å². The molecule has 1 aromatic carbocycles. The van der Waals surface area contributed by atoms with E-state index in [1.807, 2.05) is 0 Å². The van der Waals surface area contributed by atoms with Crippen LogP contribution in [0, 0.1) is 10.1 Å². The number of aromatic carboxylic acids is 1. The maximum atomic E-state index is 10.8. The number of nitro groups is 1. The van der Waals surface area contributed by atoms with Crippen molar-refractivity contribution in [3.8, 4) is 0 Å². The highest BCUT2D eigenvalue weighted by molar-refractivity contribution is 6.10. The molecular formula is C10H7NO6. The molecule has 0 aliphatic carbocycles. The Morgan fingerprint density at radius 3 is 2.35 bits per heavy atom. The van der Waals surface area contributed by atoms with Crippen LogP contribution in [-0.2, 0) is 4.79 Å². The molecule has 0 amide bonds. The number of carboxylic acid groups (broad SMARTS) is 1. The molecule has 0 aliphatic heterocycles. The lowest BCUT2D eigenvalue weighted by molar-refractivity contribution is -0.385. The summed E-state index contributed by atoms with van der Waals surface area (Å²) in [5.74, 6) is -1.48. The van der Waals surface area contributed by atoms with E-state index < -0.39 is 22.1 Å². The topological polar surface area (TPSA) is 118 Å². The van der Waals surface area contributed by atoms with Gasteiger partial charge in [0.25, 0.3) is 5.69 Å². The number of nitro benzene ring substituents is 1. The Hall–Kier alpha value is -2.70. The zero-order chi connectivity index (χ0) is 13.0. The van der Waals surface area contributed by atoms with Crippen LogP contribution in [0.5, 0.6) is 0 Å². The van der Waals surface area contributed by atoms with Crippen molar-refractivity contribution in [2.45, 2.75) is 0 Å². The third kappa shape index (κ3) is 2.28. The summed E-state index contributed by atoms with van der Waals surface area (Å²) in [6, 6.07) is 3.48. The van der Waals surface area contributed by atoms with E-state index >= 15 is 0 Å². The first kappa shape index (κ1) is 12.4. The minimum absolute atomic E-state index is 0.202. The van der Waals surface area contributed by atoms with Crippen LogP contribution in [0.4, 0.5) is 5.69 Å². The smallest absolute Gasteiger partial charge is 0.342 e. The molecule has 7 heteroatoms. The summed E-state index contributed by atoms with van der Waals surface area (Å²) in [4.78, 5) is 31.3. The van der Waals surface area contributed by atoms with Crippen molar-refractivity contribution in [1.29, 1.82) is 0 Å². The molecule has 0 bridgehead atoms. The molecule has 1 rings (SSSR count). The minimum Gasteiger partial charge on any atom is -0.515 e. The lowest BCUT2D eigenvalue weighted by Gasteiger charge is -2.03. The maximum absolute atomic E-state index is 10.8. The van der Waals surface area contributed by atoms with Gasteiger partial charge in [-0.05, 0) is 12.1 Å². The van der Waals surface area contributed by atoms with Gasteiger partial charge in [0.2, 0.25) is 0 Å². The Bertz CT molecular complexity index is 520. The first-order valence-electron chi connectivity index (χ1n) is 4.33. The molecule has 0 saturated heterocycles. The first-order chi connectivity index (χ1) is 8.02. The third-order valence-corrected chi connectivity index (χ3v) is 2.03. The number of benzene rings is 1. The summed E-state index contributed by atoms with van der Waals surface area (Å²) in [6.45, 7) is 0. The molecular weight excluding hydrogens is 230 g/mol. The van der Waals surface area contributed by atoms with Crippen LogP contribution >= 0.6 is 0 Å². The zero-order valence-corrected chi connectivity index (χ0v) is 8.36. The van der Waals surface area contributed by atoms with Crippen molar-refractivity contribution in [3.05, 3.63) is 45.7 Å². The molecule has 17 heavy (non-hydrogen) atoms. The Labute approximate surface area is 94.8 Å². The first-order valence-corrected chi connectivity index (χ1v) is 4.33. The van der Waals surface area contributed by atoms with Gasteiger partial charge < -0.3 is 10.2 Å². The van der Waals surface area contributed by atoms with Gasteiger partial charge in [-0.1, -0.05) is 6.07 Å². The van der Waals surface area contributed by atoms with E-state index in [4.69, 9.17) is 10.2 Å². The van der Waals surface area contributed by atoms with Crippen LogP contribution in [0.15, 0.2) is 24.5 Å². The summed E-state index contributed by atoms with van der Waals surface area (Å²) >= 11 is 0. The van der Waals surface area contributed by atoms with E-state index in [1.54, 1.807) is 0 Å². The lowest BCUT2D eigenvalue weighted by Crippen LogP contribution is -2.05. The van der Waals surface area contributed by atoms with Crippen LogP contribution in [0.3, 0.4) is 0 Å². The van der Waals surface area contributed by atoms with Crippen molar-refractivity contribution in [3.63, 3.8) is 0 Å². The number of nitrogens with zero attached hydrogens (tertiary/aromatic N) is 1. The van der Waals surface area contributed by atoms with Crippen LogP contribution in [0.2, 0.25) is 0 Å². The van der Waals surface area contributed by atoms with E-state index in [2.05, 4.69) is 0 Å². The van der Waals surface area contributed by atoms with Gasteiger partial charge in [-0.15, -0.1) is 0 Å². The molecule has 0 unspecified atom stereocenters. The van der Waals surface area contributed by atoms with Crippen molar-refractivity contribution in [2.24, 2.45) is 0 Å². The highest BCUT2D eigenvalue weighted by atomic mass is 16.6. The van der Waals surface area contributed by atoms with E-state index in [-0.39, 0.29) is 17.4 Å². The number of aldehydes is 1. The van der Waals surface area contributed by atoms with Crippen LogP contribution in [0.25, 0.3) is 5.57 Å². The quantitative estimate of drug-likeness (QED) is 0.268. The largest absolute Gasteiger partial charge is 0.515 e. The fourth-order valence-electron chi connectivity index (χ4n) is 1.31. The number of aliphatic hydroxyl groups excluding tert-OH is 1. The van der Waals surface area contributed by atoms with Gasteiger partial charge in [0.05, 0.1) is 22.3 Å². The van der Waals surface area contributed by atoms with Gasteiger partial charge in [-0.25, -0.2) is 4.79 Å². The Kier molecular flexibility index (Phi) is 3.55. The van der Waals surface area contributed by atoms with Gasteiger partial charge >= 0.3 is 5.97 Å². The van der Waals surface area contributed by atoms with Gasteiger partial charge in [0.1, 0.15) is 5.56 Å². The Balaban J connectivity index is 3.62. The molecule has 1 aromatic rings. The molecule has 0 fully saturated rings. The number of aliphatic hydroxyl groups is 1. The number of para-hydroxylation sites is 1. The van der Waals surface area contributed by atoms with Gasteiger partial charge in [-0.3, -0.25) is 14.9 Å². The number of hydrogen-bond donors (Lipinski definition) is 2. The second-order valence-electron chi connectivity index (χ2n) is 2.97. The summed E-state index contributed by atoms with van der Waals surface area (Å²) in [5, 5.41) is 28.3. The Morgan fingerprint density at radius 2 is 1.94 bits per heavy atom. The fraction of sp³-hybridized carbons (Fsp3) is 0. The zero-order valence-electron chi connectivity index (χ0n) is 8.36. The van der Waals surface area contributed by atoms with E-state index in [0.717, 1.165) is 6.07 Å². The van der Waals surface area contributed by atoms with E-state index in [9.17, 15) is 19.7 Å². The molecule has 0 saturated carbocycles. The fourth-order valence-corrected chi connectivity index (χ4v) is 1.31. The summed E-state index contributed by atoms with van der Waals surface area (Å²) in [5.41, 5.74) is -1.88. The average Bonchev–Trinajstić information content (AvgIpc) is 2.30. The number of rotatable bonds is 4. The van der Waals surface area contributed by atoms with Gasteiger partial charge in [0, 0.05) is 0 Å². The molecule has 0 radical (unpaired) electrons. The van der Waals surface area contributed by atoms with E-state index in [1.165, 1.54) is 12.1 Å². The molecule has 0 aromatic heterocycles. The molecule has 7 nitrogen and oxygen atoms in total. The monoisotopic (exact) mass is 237 g/mol. The van der Waals surface area contributed by atoms with Crippen LogP contribution in [-0.4, -0.2) is 27.4 Å². The SMILES string of the molecule is O=C/C(=C\O)c1cccc(C(=O)O)c1[N+](=O)[O-]. The maximum Gasteiger partial charge on any atom is 0.342 e. The summed E-state index contributed by atoms with van der Waals surface area (Å²) in [6.07, 6.45) is 0.592. The number of hydrogen-bond acceptors (Lipinski definition) is 5.